The molecule has 0 saturated heterocycles. The van der Waals surface area contributed by atoms with Crippen LogP contribution in [0, 0.1) is 0 Å². The van der Waals surface area contributed by atoms with E-state index in [1.165, 1.54) is 50.3 Å². The fourth-order valence-corrected chi connectivity index (χ4v) is 3.44. The minimum absolute atomic E-state index is 0. The van der Waals surface area contributed by atoms with Crippen molar-refractivity contribution in [3.63, 3.8) is 0 Å². The number of phenolic OH excluding ortho intramolecular Hbond substituents is 2. The van der Waals surface area contributed by atoms with E-state index in [-0.39, 0.29) is 37.0 Å². The van der Waals surface area contributed by atoms with Gasteiger partial charge in [0.2, 0.25) is 0 Å². The van der Waals surface area contributed by atoms with Gasteiger partial charge < -0.3 is 45.8 Å². The standard InChI is InChI=1S/2C11H11NO3.C6H6O.Ga/c2*1-11(10(14)15)6-5-7-3-2-4-8(13)9(7)12-11;7-6-4-2-1-3-5-6;/h2*2-6,12-13H,1H3,(H,14,15);1-5,7H;/q;;;+3/p-3. The molecule has 0 bridgehead atoms. The van der Waals surface area contributed by atoms with Gasteiger partial charge in [0.1, 0.15) is 11.5 Å². The van der Waals surface area contributed by atoms with Crippen molar-refractivity contribution in [3.05, 3.63) is 90.0 Å². The molecule has 2 unspecified atom stereocenters. The summed E-state index contributed by atoms with van der Waals surface area (Å²) in [6, 6.07) is 18.3. The molecular weight excluding hydrogens is 546 g/mol. The van der Waals surface area contributed by atoms with E-state index < -0.39 is 23.0 Å². The molecule has 10 heteroatoms. The summed E-state index contributed by atoms with van der Waals surface area (Å²) in [5, 5.41) is 56.7. The summed E-state index contributed by atoms with van der Waals surface area (Å²) < 4.78 is 0. The zero-order chi connectivity index (χ0) is 27.2. The Morgan fingerprint density at radius 2 is 1.08 bits per heavy atom. The molecule has 5 rings (SSSR count). The minimum atomic E-state index is -1.27. The van der Waals surface area contributed by atoms with Crippen molar-refractivity contribution in [2.24, 2.45) is 0 Å². The second-order valence-electron chi connectivity index (χ2n) is 8.69. The minimum Gasteiger partial charge on any atom is -0.872 e. The predicted octanol–water partition coefficient (Wildman–Crippen LogP) is 1.06. The summed E-state index contributed by atoms with van der Waals surface area (Å²) in [6.45, 7) is 2.96. The molecule has 3 aromatic rings. The first-order valence-corrected chi connectivity index (χ1v) is 11.2. The van der Waals surface area contributed by atoms with Gasteiger partial charge in [-0.3, -0.25) is 0 Å². The zero-order valence-electron chi connectivity index (χ0n) is 20.7. The molecule has 9 nitrogen and oxygen atoms in total. The summed E-state index contributed by atoms with van der Waals surface area (Å²) in [5.74, 6) is -2.32. The number of carbonyl (C=O) groups excluding carboxylic acids is 2. The van der Waals surface area contributed by atoms with E-state index in [9.17, 15) is 35.1 Å². The average molecular weight is 571 g/mol. The molecule has 0 aromatic heterocycles. The average Bonchev–Trinajstić information content (AvgIpc) is 2.86. The Morgan fingerprint density at radius 1 is 0.684 bits per heavy atom. The SMILES string of the molecule is CC1(C(=O)[O-])C=Cc2cccc(O)c2N1.CC1(C(=O)[O-])C=Cc2cccc(O)c2N1.[Ga+3].[O-]c1ccccc1. The molecule has 2 atom stereocenters. The van der Waals surface area contributed by atoms with E-state index in [4.69, 9.17) is 0 Å². The molecule has 0 aliphatic carbocycles. The van der Waals surface area contributed by atoms with Crippen molar-refractivity contribution in [1.82, 2.24) is 0 Å². The van der Waals surface area contributed by atoms with Crippen LogP contribution in [-0.4, -0.2) is 53.0 Å². The van der Waals surface area contributed by atoms with Gasteiger partial charge in [0.15, 0.2) is 0 Å². The molecule has 0 spiro atoms. The number of anilines is 2. The number of aromatic hydroxyl groups is 2. The Morgan fingerprint density at radius 3 is 1.39 bits per heavy atom. The first-order chi connectivity index (χ1) is 17.4. The van der Waals surface area contributed by atoms with Gasteiger partial charge in [0.25, 0.3) is 0 Å². The largest absolute Gasteiger partial charge is 3.00 e. The van der Waals surface area contributed by atoms with Crippen molar-refractivity contribution in [3.8, 4) is 17.2 Å². The maximum Gasteiger partial charge on any atom is 3.00 e. The Balaban J connectivity index is 0.000000210. The zero-order valence-corrected chi connectivity index (χ0v) is 23.1. The van der Waals surface area contributed by atoms with Crippen LogP contribution in [-0.2, 0) is 9.59 Å². The van der Waals surface area contributed by atoms with Crippen molar-refractivity contribution in [1.29, 1.82) is 0 Å². The number of carbonyl (C=O) groups is 2. The molecule has 2 aliphatic heterocycles. The third-order valence-corrected chi connectivity index (χ3v) is 5.70. The second-order valence-corrected chi connectivity index (χ2v) is 8.69. The molecule has 2 aliphatic rings. The predicted molar refractivity (Wildman–Crippen MR) is 140 cm³/mol. The molecule has 3 aromatic carbocycles. The Bertz CT molecular complexity index is 1280. The van der Waals surface area contributed by atoms with E-state index in [1.54, 1.807) is 48.6 Å². The van der Waals surface area contributed by atoms with E-state index in [2.05, 4.69) is 10.6 Å². The summed E-state index contributed by atoms with van der Waals surface area (Å²) in [5.41, 5.74) is -0.182. The van der Waals surface area contributed by atoms with Crippen LogP contribution in [0.3, 0.4) is 0 Å². The summed E-state index contributed by atoms with van der Waals surface area (Å²) in [4.78, 5) is 21.8. The number of rotatable bonds is 2. The maximum absolute atomic E-state index is 10.9. The van der Waals surface area contributed by atoms with E-state index in [1.807, 2.05) is 6.07 Å². The number of para-hydroxylation sites is 3. The van der Waals surface area contributed by atoms with Gasteiger partial charge >= 0.3 is 19.8 Å². The van der Waals surface area contributed by atoms with Crippen molar-refractivity contribution < 1.29 is 35.1 Å². The van der Waals surface area contributed by atoms with Gasteiger partial charge in [-0.1, -0.05) is 78.9 Å². The number of fused-ring (bicyclic) bond motifs is 2. The third kappa shape index (κ3) is 6.93. The molecule has 4 N–H and O–H groups in total. The molecule has 0 amide bonds. The first-order valence-electron chi connectivity index (χ1n) is 11.2. The van der Waals surface area contributed by atoms with Gasteiger partial charge in [-0.05, 0) is 26.0 Å². The first kappa shape index (κ1) is 29.9. The summed E-state index contributed by atoms with van der Waals surface area (Å²) in [7, 11) is 0. The molecule has 2 heterocycles. The number of benzene rings is 3. The number of aliphatic carboxylic acids is 2. The van der Waals surface area contributed by atoms with Crippen molar-refractivity contribution in [2.45, 2.75) is 24.9 Å². The number of hydrogen-bond donors (Lipinski definition) is 4. The topological polar surface area (TPSA) is 168 Å². The molecular formula is C28H25GaN2O7. The molecule has 0 fully saturated rings. The van der Waals surface area contributed by atoms with Gasteiger partial charge in [-0.25, -0.2) is 0 Å². The van der Waals surface area contributed by atoms with Crippen LogP contribution in [0.15, 0.2) is 78.9 Å². The molecule has 38 heavy (non-hydrogen) atoms. The van der Waals surface area contributed by atoms with Crippen LogP contribution in [0.1, 0.15) is 25.0 Å². The van der Waals surface area contributed by atoms with Crippen LogP contribution in [0.2, 0.25) is 0 Å². The Labute approximate surface area is 232 Å². The number of carboxylic acids is 2. The fraction of sp³-hybridized carbons (Fsp3) is 0.143. The summed E-state index contributed by atoms with van der Waals surface area (Å²) in [6.07, 6.45) is 6.32. The van der Waals surface area contributed by atoms with Gasteiger partial charge in [0.05, 0.1) is 34.4 Å². The number of phenols is 2. The number of carboxylic acid groups (broad SMARTS) is 2. The fourth-order valence-electron chi connectivity index (χ4n) is 3.44. The normalized spacial score (nSPS) is 19.7. The van der Waals surface area contributed by atoms with E-state index >= 15 is 0 Å². The monoisotopic (exact) mass is 570 g/mol. The third-order valence-electron chi connectivity index (χ3n) is 5.70. The van der Waals surface area contributed by atoms with Gasteiger partial charge in [-0.2, -0.15) is 0 Å². The number of nitrogens with one attached hydrogen (secondary N) is 2. The van der Waals surface area contributed by atoms with Crippen LogP contribution >= 0.6 is 0 Å². The van der Waals surface area contributed by atoms with Gasteiger partial charge in [0, 0.05) is 11.1 Å². The van der Waals surface area contributed by atoms with E-state index in [0.717, 1.165) is 11.1 Å². The van der Waals surface area contributed by atoms with Crippen LogP contribution in [0.25, 0.3) is 12.2 Å². The quantitative estimate of drug-likeness (QED) is 0.260. The summed E-state index contributed by atoms with van der Waals surface area (Å²) >= 11 is 0. The van der Waals surface area contributed by atoms with Crippen molar-refractivity contribution >= 4 is 55.3 Å². The van der Waals surface area contributed by atoms with Crippen LogP contribution < -0.4 is 26.0 Å². The Kier molecular flexibility index (Phi) is 9.70. The van der Waals surface area contributed by atoms with E-state index in [0.29, 0.717) is 11.4 Å². The molecule has 0 radical (unpaired) electrons. The van der Waals surface area contributed by atoms with Crippen LogP contribution in [0.4, 0.5) is 11.4 Å². The van der Waals surface area contributed by atoms with Crippen LogP contribution in [0.5, 0.6) is 17.2 Å². The molecule has 192 valence electrons. The number of hydrogen-bond acceptors (Lipinski definition) is 9. The van der Waals surface area contributed by atoms with Crippen molar-refractivity contribution in [2.75, 3.05) is 10.6 Å². The smallest absolute Gasteiger partial charge is 0.872 e. The van der Waals surface area contributed by atoms with Gasteiger partial charge in [-0.15, -0.1) is 5.75 Å². The second kappa shape index (κ2) is 12.3. The maximum atomic E-state index is 10.9. The Hall–Kier alpha value is -4.28. The molecule has 0 saturated carbocycles.